The van der Waals surface area contributed by atoms with Crippen LogP contribution in [0.4, 0.5) is 0 Å². The highest BCUT2D eigenvalue weighted by molar-refractivity contribution is 5.93. The van der Waals surface area contributed by atoms with Crippen molar-refractivity contribution in [3.63, 3.8) is 0 Å². The van der Waals surface area contributed by atoms with Gasteiger partial charge < -0.3 is 4.74 Å². The van der Waals surface area contributed by atoms with Crippen molar-refractivity contribution in [1.29, 1.82) is 0 Å². The number of ether oxygens (including phenoxy) is 1. The molecule has 0 aromatic heterocycles. The summed E-state index contributed by atoms with van der Waals surface area (Å²) in [6.45, 7) is 1.88. The molecule has 0 bridgehead atoms. The zero-order valence-corrected chi connectivity index (χ0v) is 9.31. The van der Waals surface area contributed by atoms with Crippen molar-refractivity contribution in [1.82, 2.24) is 5.06 Å². The van der Waals surface area contributed by atoms with Crippen molar-refractivity contribution >= 4 is 5.91 Å². The molecule has 1 amide bonds. The molecule has 1 heterocycles. The first-order chi connectivity index (χ1) is 7.81. The Kier molecular flexibility index (Phi) is 3.54. The zero-order valence-electron chi connectivity index (χ0n) is 9.31. The maximum atomic E-state index is 11.9. The Labute approximate surface area is 94.7 Å². The second kappa shape index (κ2) is 5.09. The standard InChI is InChI=1S/C12H15NO3/c1-15-9-10-3-5-11(6-4-10)12(14)13-7-2-8-16-13/h3-6H,2,7-9H2,1H3. The van der Waals surface area contributed by atoms with Gasteiger partial charge in [0.2, 0.25) is 0 Å². The van der Waals surface area contributed by atoms with Crippen LogP contribution in [-0.4, -0.2) is 31.2 Å². The average Bonchev–Trinajstić information content (AvgIpc) is 2.83. The van der Waals surface area contributed by atoms with Crippen LogP contribution in [0, 0.1) is 0 Å². The molecule has 0 aliphatic carbocycles. The minimum Gasteiger partial charge on any atom is -0.380 e. The molecular weight excluding hydrogens is 206 g/mol. The maximum Gasteiger partial charge on any atom is 0.277 e. The van der Waals surface area contributed by atoms with Gasteiger partial charge in [0.1, 0.15) is 0 Å². The molecule has 1 aliphatic heterocycles. The van der Waals surface area contributed by atoms with Gasteiger partial charge in [0.15, 0.2) is 0 Å². The molecule has 0 atom stereocenters. The van der Waals surface area contributed by atoms with E-state index in [2.05, 4.69) is 0 Å². The molecule has 0 saturated carbocycles. The summed E-state index contributed by atoms with van der Waals surface area (Å²) in [7, 11) is 1.65. The molecule has 0 radical (unpaired) electrons. The van der Waals surface area contributed by atoms with Crippen molar-refractivity contribution in [2.24, 2.45) is 0 Å². The van der Waals surface area contributed by atoms with Gasteiger partial charge >= 0.3 is 0 Å². The van der Waals surface area contributed by atoms with Crippen molar-refractivity contribution in [2.75, 3.05) is 20.3 Å². The Morgan fingerprint density at radius 3 is 2.75 bits per heavy atom. The number of hydroxylamine groups is 2. The molecule has 16 heavy (non-hydrogen) atoms. The van der Waals surface area contributed by atoms with E-state index in [-0.39, 0.29) is 5.91 Å². The third kappa shape index (κ3) is 2.40. The Morgan fingerprint density at radius 1 is 1.44 bits per heavy atom. The lowest BCUT2D eigenvalue weighted by Crippen LogP contribution is -2.26. The lowest BCUT2D eigenvalue weighted by atomic mass is 10.1. The fraction of sp³-hybridized carbons (Fsp3) is 0.417. The molecule has 2 rings (SSSR count). The van der Waals surface area contributed by atoms with E-state index in [1.807, 2.05) is 12.1 Å². The molecule has 0 N–H and O–H groups in total. The Morgan fingerprint density at radius 2 is 2.19 bits per heavy atom. The number of methoxy groups -OCH3 is 1. The molecule has 86 valence electrons. The van der Waals surface area contributed by atoms with E-state index in [0.717, 1.165) is 12.0 Å². The number of nitrogens with zero attached hydrogens (tertiary/aromatic N) is 1. The van der Waals surface area contributed by atoms with Gasteiger partial charge in [-0.1, -0.05) is 12.1 Å². The SMILES string of the molecule is COCc1ccc(C(=O)N2CCCO2)cc1. The van der Waals surface area contributed by atoms with Crippen LogP contribution in [-0.2, 0) is 16.2 Å². The van der Waals surface area contributed by atoms with E-state index < -0.39 is 0 Å². The smallest absolute Gasteiger partial charge is 0.277 e. The molecule has 0 spiro atoms. The lowest BCUT2D eigenvalue weighted by molar-refractivity contribution is -0.0768. The number of amides is 1. The summed E-state index contributed by atoms with van der Waals surface area (Å²) >= 11 is 0. The molecule has 1 aromatic rings. The van der Waals surface area contributed by atoms with Crippen LogP contribution in [0.2, 0.25) is 0 Å². The number of hydrogen-bond donors (Lipinski definition) is 0. The topological polar surface area (TPSA) is 38.8 Å². The molecule has 4 heteroatoms. The first kappa shape index (κ1) is 11.1. The summed E-state index contributed by atoms with van der Waals surface area (Å²) in [5, 5.41) is 1.42. The monoisotopic (exact) mass is 221 g/mol. The van der Waals surface area contributed by atoms with E-state index in [1.165, 1.54) is 5.06 Å². The molecule has 4 nitrogen and oxygen atoms in total. The molecule has 0 unspecified atom stereocenters. The van der Waals surface area contributed by atoms with E-state index in [0.29, 0.717) is 25.3 Å². The highest BCUT2D eigenvalue weighted by Crippen LogP contribution is 2.12. The van der Waals surface area contributed by atoms with Crippen LogP contribution in [0.5, 0.6) is 0 Å². The first-order valence-corrected chi connectivity index (χ1v) is 5.34. The van der Waals surface area contributed by atoms with Gasteiger partial charge in [-0.15, -0.1) is 0 Å². The van der Waals surface area contributed by atoms with Gasteiger partial charge in [-0.25, -0.2) is 5.06 Å². The third-order valence-electron chi connectivity index (χ3n) is 2.49. The van der Waals surface area contributed by atoms with Crippen LogP contribution in [0.1, 0.15) is 22.3 Å². The highest BCUT2D eigenvalue weighted by Gasteiger charge is 2.20. The number of benzene rings is 1. The third-order valence-corrected chi connectivity index (χ3v) is 2.49. The van der Waals surface area contributed by atoms with E-state index >= 15 is 0 Å². The Balaban J connectivity index is 2.05. The predicted molar refractivity (Wildman–Crippen MR) is 58.8 cm³/mol. The minimum absolute atomic E-state index is 0.0681. The van der Waals surface area contributed by atoms with Crippen molar-refractivity contribution < 1.29 is 14.4 Å². The van der Waals surface area contributed by atoms with Gasteiger partial charge in [0, 0.05) is 12.7 Å². The summed E-state index contributed by atoms with van der Waals surface area (Å²) in [4.78, 5) is 17.1. The Hall–Kier alpha value is -1.39. The summed E-state index contributed by atoms with van der Waals surface area (Å²) in [5.41, 5.74) is 1.71. The molecule has 1 aromatic carbocycles. The minimum atomic E-state index is -0.0681. The van der Waals surface area contributed by atoms with Crippen molar-refractivity contribution in [3.8, 4) is 0 Å². The summed E-state index contributed by atoms with van der Waals surface area (Å²) in [5.74, 6) is -0.0681. The van der Waals surface area contributed by atoms with Crippen LogP contribution < -0.4 is 0 Å². The fourth-order valence-electron chi connectivity index (χ4n) is 1.66. The number of carbonyl (C=O) groups excluding carboxylic acids is 1. The van der Waals surface area contributed by atoms with E-state index in [1.54, 1.807) is 19.2 Å². The molecular formula is C12H15NO3. The van der Waals surface area contributed by atoms with Crippen molar-refractivity contribution in [2.45, 2.75) is 13.0 Å². The summed E-state index contributed by atoms with van der Waals surface area (Å²) < 4.78 is 5.01. The quantitative estimate of drug-likeness (QED) is 0.778. The van der Waals surface area contributed by atoms with Gasteiger partial charge in [0.05, 0.1) is 19.8 Å². The van der Waals surface area contributed by atoms with Gasteiger partial charge in [-0.2, -0.15) is 0 Å². The van der Waals surface area contributed by atoms with Crippen LogP contribution in [0.25, 0.3) is 0 Å². The largest absolute Gasteiger partial charge is 0.380 e. The van der Waals surface area contributed by atoms with E-state index in [9.17, 15) is 4.79 Å². The molecule has 1 saturated heterocycles. The highest BCUT2D eigenvalue weighted by atomic mass is 16.7. The maximum absolute atomic E-state index is 11.9. The summed E-state index contributed by atoms with van der Waals surface area (Å²) in [6, 6.07) is 7.40. The molecule has 1 aliphatic rings. The first-order valence-electron chi connectivity index (χ1n) is 5.34. The van der Waals surface area contributed by atoms with E-state index in [4.69, 9.17) is 9.57 Å². The van der Waals surface area contributed by atoms with Crippen LogP contribution in [0.15, 0.2) is 24.3 Å². The van der Waals surface area contributed by atoms with Crippen LogP contribution >= 0.6 is 0 Å². The number of hydrogen-bond acceptors (Lipinski definition) is 3. The van der Waals surface area contributed by atoms with Gasteiger partial charge in [-0.05, 0) is 24.1 Å². The number of carbonyl (C=O) groups is 1. The second-order valence-electron chi connectivity index (χ2n) is 3.72. The van der Waals surface area contributed by atoms with Crippen molar-refractivity contribution in [3.05, 3.63) is 35.4 Å². The molecule has 1 fully saturated rings. The zero-order chi connectivity index (χ0) is 11.4. The normalized spacial score (nSPS) is 15.4. The summed E-state index contributed by atoms with van der Waals surface area (Å²) in [6.07, 6.45) is 0.910. The van der Waals surface area contributed by atoms with Crippen LogP contribution in [0.3, 0.4) is 0 Å². The fourth-order valence-corrected chi connectivity index (χ4v) is 1.66. The van der Waals surface area contributed by atoms with Gasteiger partial charge in [0.25, 0.3) is 5.91 Å². The second-order valence-corrected chi connectivity index (χ2v) is 3.72. The average molecular weight is 221 g/mol. The lowest BCUT2D eigenvalue weighted by Gasteiger charge is -2.13. The Bertz CT molecular complexity index is 355. The number of rotatable bonds is 3. The predicted octanol–water partition coefficient (Wildman–Crippen LogP) is 1.61. The van der Waals surface area contributed by atoms with Gasteiger partial charge in [-0.3, -0.25) is 9.63 Å².